The molecule has 3 rings (SSSR count). The van der Waals surface area contributed by atoms with Gasteiger partial charge in [-0.05, 0) is 50.2 Å². The molecular weight excluding hydrogens is 425 g/mol. The molecule has 30 heavy (non-hydrogen) atoms. The number of hydrogen-bond acceptors (Lipinski definition) is 5. The van der Waals surface area contributed by atoms with E-state index in [4.69, 9.17) is 0 Å². The van der Waals surface area contributed by atoms with Crippen molar-refractivity contribution in [1.29, 1.82) is 0 Å². The number of amides is 1. The number of anilines is 1. The summed E-state index contributed by atoms with van der Waals surface area (Å²) in [7, 11) is -2.04. The highest BCUT2D eigenvalue weighted by atomic mass is 32.2. The Morgan fingerprint density at radius 1 is 1.20 bits per heavy atom. The van der Waals surface area contributed by atoms with E-state index in [1.807, 2.05) is 0 Å². The average Bonchev–Trinajstić information content (AvgIpc) is 3.16. The molecule has 0 spiro atoms. The zero-order valence-corrected chi connectivity index (χ0v) is 18.4. The van der Waals surface area contributed by atoms with Crippen molar-refractivity contribution in [3.05, 3.63) is 65.4 Å². The van der Waals surface area contributed by atoms with Gasteiger partial charge in [-0.1, -0.05) is 12.1 Å². The molecule has 0 unspecified atom stereocenters. The topological polar surface area (TPSA) is 79.4 Å². The molecule has 0 fully saturated rings. The number of benzene rings is 2. The normalized spacial score (nSPS) is 11.8. The highest BCUT2D eigenvalue weighted by molar-refractivity contribution is 7.89. The van der Waals surface area contributed by atoms with Crippen molar-refractivity contribution in [3.8, 4) is 10.6 Å². The van der Waals surface area contributed by atoms with Crippen LogP contribution < -0.4 is 5.32 Å². The van der Waals surface area contributed by atoms with E-state index < -0.39 is 10.0 Å². The number of aromatic nitrogens is 1. The SMILES string of the molecule is CC(C)N(C)S(=O)(=O)c1ccc(NC(=O)Cc2csc(-c3cccc(F)c3)n2)cc1. The van der Waals surface area contributed by atoms with Crippen molar-refractivity contribution >= 4 is 33.0 Å². The minimum atomic E-state index is -3.57. The predicted molar refractivity (Wildman–Crippen MR) is 116 cm³/mol. The van der Waals surface area contributed by atoms with Crippen LogP contribution in [-0.2, 0) is 21.2 Å². The Kier molecular flexibility index (Phi) is 6.64. The summed E-state index contributed by atoms with van der Waals surface area (Å²) in [5, 5.41) is 5.14. The summed E-state index contributed by atoms with van der Waals surface area (Å²) in [4.78, 5) is 16.9. The second-order valence-corrected chi connectivity index (χ2v) is 9.87. The number of thiazole rings is 1. The van der Waals surface area contributed by atoms with Crippen LogP contribution in [0, 0.1) is 5.82 Å². The van der Waals surface area contributed by atoms with E-state index in [-0.39, 0.29) is 29.1 Å². The summed E-state index contributed by atoms with van der Waals surface area (Å²) in [6.07, 6.45) is 0.0575. The highest BCUT2D eigenvalue weighted by Crippen LogP contribution is 2.25. The number of nitrogens with one attached hydrogen (secondary N) is 1. The van der Waals surface area contributed by atoms with E-state index in [2.05, 4.69) is 10.3 Å². The summed E-state index contributed by atoms with van der Waals surface area (Å²) < 4.78 is 39.7. The monoisotopic (exact) mass is 447 g/mol. The maximum atomic E-state index is 13.4. The lowest BCUT2D eigenvalue weighted by molar-refractivity contribution is -0.115. The van der Waals surface area contributed by atoms with Crippen LogP contribution in [0.4, 0.5) is 10.1 Å². The predicted octanol–water partition coefficient (Wildman–Crippen LogP) is 4.16. The Morgan fingerprint density at radius 2 is 1.90 bits per heavy atom. The summed E-state index contributed by atoms with van der Waals surface area (Å²) in [5.74, 6) is -0.618. The van der Waals surface area contributed by atoms with Gasteiger partial charge >= 0.3 is 0 Å². The lowest BCUT2D eigenvalue weighted by Gasteiger charge is -2.21. The smallest absolute Gasteiger partial charge is 0.243 e. The molecule has 0 saturated carbocycles. The Balaban J connectivity index is 1.64. The van der Waals surface area contributed by atoms with E-state index in [0.717, 1.165) is 0 Å². The van der Waals surface area contributed by atoms with Crippen molar-refractivity contribution in [3.63, 3.8) is 0 Å². The molecule has 1 amide bonds. The summed E-state index contributed by atoms with van der Waals surface area (Å²) >= 11 is 1.34. The van der Waals surface area contributed by atoms with Gasteiger partial charge in [0.25, 0.3) is 0 Å². The third kappa shape index (κ3) is 5.10. The Labute approximate surface area is 179 Å². The fourth-order valence-electron chi connectivity index (χ4n) is 2.67. The van der Waals surface area contributed by atoms with Crippen LogP contribution >= 0.6 is 11.3 Å². The first kappa shape index (κ1) is 22.1. The zero-order valence-electron chi connectivity index (χ0n) is 16.8. The molecule has 0 saturated heterocycles. The standard InChI is InChI=1S/C21H22FN3O3S2/c1-14(2)25(3)30(27,28)19-9-7-17(8-10-19)23-20(26)12-18-13-29-21(24-18)15-5-4-6-16(22)11-15/h4-11,13-14H,12H2,1-3H3,(H,23,26). The van der Waals surface area contributed by atoms with Crippen molar-refractivity contribution in [2.45, 2.75) is 31.2 Å². The van der Waals surface area contributed by atoms with Crippen molar-refractivity contribution in [2.75, 3.05) is 12.4 Å². The van der Waals surface area contributed by atoms with E-state index in [1.54, 1.807) is 43.5 Å². The maximum absolute atomic E-state index is 13.4. The average molecular weight is 448 g/mol. The molecule has 1 N–H and O–H groups in total. The van der Waals surface area contributed by atoms with E-state index in [9.17, 15) is 17.6 Å². The second-order valence-electron chi connectivity index (χ2n) is 7.02. The summed E-state index contributed by atoms with van der Waals surface area (Å²) in [6, 6.07) is 12.0. The summed E-state index contributed by atoms with van der Waals surface area (Å²) in [6.45, 7) is 3.59. The quantitative estimate of drug-likeness (QED) is 0.590. The van der Waals surface area contributed by atoms with Gasteiger partial charge in [0.15, 0.2) is 0 Å². The number of nitrogens with zero attached hydrogens (tertiary/aromatic N) is 2. The van der Waals surface area contributed by atoms with Crippen LogP contribution in [0.5, 0.6) is 0 Å². The van der Waals surface area contributed by atoms with Crippen LogP contribution in [0.2, 0.25) is 0 Å². The lowest BCUT2D eigenvalue weighted by Crippen LogP contribution is -2.33. The number of rotatable bonds is 7. The minimum absolute atomic E-state index is 0.0575. The molecule has 0 aliphatic rings. The van der Waals surface area contributed by atoms with Gasteiger partial charge in [0, 0.05) is 29.7 Å². The third-order valence-corrected chi connectivity index (χ3v) is 7.50. The first-order valence-electron chi connectivity index (χ1n) is 9.25. The first-order chi connectivity index (χ1) is 14.2. The molecule has 0 atom stereocenters. The number of carbonyl (C=O) groups excluding carboxylic acids is 1. The molecule has 1 aromatic heterocycles. The Hall–Kier alpha value is -2.62. The first-order valence-corrected chi connectivity index (χ1v) is 11.6. The molecule has 6 nitrogen and oxygen atoms in total. The number of hydrogen-bond donors (Lipinski definition) is 1. The van der Waals surface area contributed by atoms with E-state index >= 15 is 0 Å². The number of halogens is 1. The van der Waals surface area contributed by atoms with Crippen LogP contribution in [0.3, 0.4) is 0 Å². The van der Waals surface area contributed by atoms with Gasteiger partial charge in [-0.3, -0.25) is 4.79 Å². The van der Waals surface area contributed by atoms with Crippen molar-refractivity contribution in [1.82, 2.24) is 9.29 Å². The molecule has 0 aliphatic heterocycles. The lowest BCUT2D eigenvalue weighted by atomic mass is 10.2. The van der Waals surface area contributed by atoms with Crippen LogP contribution in [0.1, 0.15) is 19.5 Å². The number of carbonyl (C=O) groups is 1. The van der Waals surface area contributed by atoms with Crippen LogP contribution in [0.15, 0.2) is 58.8 Å². The van der Waals surface area contributed by atoms with E-state index in [1.165, 1.54) is 47.0 Å². The van der Waals surface area contributed by atoms with E-state index in [0.29, 0.717) is 22.0 Å². The number of sulfonamides is 1. The third-order valence-electron chi connectivity index (χ3n) is 4.51. The highest BCUT2D eigenvalue weighted by Gasteiger charge is 2.22. The minimum Gasteiger partial charge on any atom is -0.326 e. The fourth-order valence-corrected chi connectivity index (χ4v) is 4.85. The maximum Gasteiger partial charge on any atom is 0.243 e. The molecule has 158 valence electrons. The Morgan fingerprint density at radius 3 is 2.53 bits per heavy atom. The molecule has 1 heterocycles. The molecule has 2 aromatic carbocycles. The second kappa shape index (κ2) is 9.03. The van der Waals surface area contributed by atoms with Crippen LogP contribution in [-0.4, -0.2) is 36.7 Å². The Bertz CT molecular complexity index is 1140. The zero-order chi connectivity index (χ0) is 21.9. The molecule has 9 heteroatoms. The largest absolute Gasteiger partial charge is 0.326 e. The fraction of sp³-hybridized carbons (Fsp3) is 0.238. The van der Waals surface area contributed by atoms with Gasteiger partial charge in [0.1, 0.15) is 10.8 Å². The van der Waals surface area contributed by atoms with Crippen LogP contribution in [0.25, 0.3) is 10.6 Å². The van der Waals surface area contributed by atoms with Gasteiger partial charge in [-0.15, -0.1) is 11.3 Å². The molecule has 0 bridgehead atoms. The molecule has 3 aromatic rings. The van der Waals surface area contributed by atoms with Gasteiger partial charge < -0.3 is 5.32 Å². The molecule has 0 aliphatic carbocycles. The van der Waals surface area contributed by atoms with Gasteiger partial charge in [-0.2, -0.15) is 4.31 Å². The molecular formula is C21H22FN3O3S2. The van der Waals surface area contributed by atoms with Gasteiger partial charge in [-0.25, -0.2) is 17.8 Å². The summed E-state index contributed by atoms with van der Waals surface area (Å²) in [5.41, 5.74) is 1.73. The van der Waals surface area contributed by atoms with Crippen molar-refractivity contribution < 1.29 is 17.6 Å². The van der Waals surface area contributed by atoms with Gasteiger partial charge in [0.2, 0.25) is 15.9 Å². The van der Waals surface area contributed by atoms with Crippen molar-refractivity contribution in [2.24, 2.45) is 0 Å². The van der Waals surface area contributed by atoms with Gasteiger partial charge in [0.05, 0.1) is 17.0 Å². The molecule has 0 radical (unpaired) electrons.